The van der Waals surface area contributed by atoms with Gasteiger partial charge in [-0.05, 0) is 31.9 Å². The van der Waals surface area contributed by atoms with Crippen molar-refractivity contribution < 1.29 is 9.47 Å². The number of hydrogen-bond donors (Lipinski definition) is 1. The van der Waals surface area contributed by atoms with Gasteiger partial charge >= 0.3 is 0 Å². The van der Waals surface area contributed by atoms with Gasteiger partial charge in [-0.3, -0.25) is 0 Å². The summed E-state index contributed by atoms with van der Waals surface area (Å²) in [6.45, 7) is 6.76. The molecular formula is C21H30IN5O2. The van der Waals surface area contributed by atoms with E-state index in [0.717, 1.165) is 56.3 Å². The standard InChI is InChI=1S/C21H29N5O2.HI/c1-2-22-21(25-10-12-28-20(16-25)19-9-6-11-27-19)23-13-17-14-24-26(15-17)18-7-4-3-5-8-18;/h3-5,7-8,14-15,19-20H,2,6,9-13,16H2,1H3,(H,22,23);1H. The summed E-state index contributed by atoms with van der Waals surface area (Å²) in [6, 6.07) is 10.1. The Balaban J connectivity index is 0.00000240. The van der Waals surface area contributed by atoms with Crippen molar-refractivity contribution in [2.24, 2.45) is 4.99 Å². The van der Waals surface area contributed by atoms with Gasteiger partial charge in [0.2, 0.25) is 0 Å². The molecule has 0 bridgehead atoms. The van der Waals surface area contributed by atoms with Crippen molar-refractivity contribution in [3.8, 4) is 5.69 Å². The molecular weight excluding hydrogens is 481 g/mol. The van der Waals surface area contributed by atoms with E-state index in [1.54, 1.807) is 0 Å². The minimum Gasteiger partial charge on any atom is -0.375 e. The van der Waals surface area contributed by atoms with Crippen molar-refractivity contribution in [1.29, 1.82) is 0 Å². The van der Waals surface area contributed by atoms with E-state index in [9.17, 15) is 0 Å². The molecule has 1 aromatic heterocycles. The molecule has 158 valence electrons. The van der Waals surface area contributed by atoms with Crippen molar-refractivity contribution in [2.75, 3.05) is 32.8 Å². The lowest BCUT2D eigenvalue weighted by Crippen LogP contribution is -2.53. The smallest absolute Gasteiger partial charge is 0.194 e. The monoisotopic (exact) mass is 511 g/mol. The fraction of sp³-hybridized carbons (Fsp3) is 0.524. The lowest BCUT2D eigenvalue weighted by molar-refractivity contribution is -0.0817. The number of aromatic nitrogens is 2. The summed E-state index contributed by atoms with van der Waals surface area (Å²) >= 11 is 0. The molecule has 2 unspecified atom stereocenters. The molecule has 7 nitrogen and oxygen atoms in total. The van der Waals surface area contributed by atoms with Gasteiger partial charge in [-0.2, -0.15) is 5.10 Å². The zero-order chi connectivity index (χ0) is 19.2. The zero-order valence-corrected chi connectivity index (χ0v) is 19.2. The van der Waals surface area contributed by atoms with E-state index in [1.807, 2.05) is 47.4 Å². The average molecular weight is 511 g/mol. The number of benzene rings is 1. The van der Waals surface area contributed by atoms with Crippen LogP contribution in [-0.4, -0.2) is 65.7 Å². The van der Waals surface area contributed by atoms with Gasteiger partial charge < -0.3 is 19.7 Å². The van der Waals surface area contributed by atoms with Crippen molar-refractivity contribution in [2.45, 2.75) is 38.5 Å². The highest BCUT2D eigenvalue weighted by Gasteiger charge is 2.32. The minimum absolute atomic E-state index is 0. The molecule has 0 radical (unpaired) electrons. The predicted octanol–water partition coefficient (Wildman–Crippen LogP) is 2.84. The second-order valence-corrected chi connectivity index (χ2v) is 7.21. The van der Waals surface area contributed by atoms with Crippen LogP contribution in [-0.2, 0) is 16.0 Å². The molecule has 0 spiro atoms. The summed E-state index contributed by atoms with van der Waals surface area (Å²) in [5, 5.41) is 7.89. The van der Waals surface area contributed by atoms with Gasteiger partial charge in [0.25, 0.3) is 0 Å². The summed E-state index contributed by atoms with van der Waals surface area (Å²) in [5.41, 5.74) is 2.14. The number of aliphatic imine (C=N–C) groups is 1. The van der Waals surface area contributed by atoms with Crippen molar-refractivity contribution in [1.82, 2.24) is 20.0 Å². The number of nitrogens with zero attached hydrogens (tertiary/aromatic N) is 4. The normalized spacial score (nSPS) is 22.4. The molecule has 0 saturated carbocycles. The minimum atomic E-state index is 0. The highest BCUT2D eigenvalue weighted by molar-refractivity contribution is 14.0. The Labute approximate surface area is 189 Å². The Hall–Kier alpha value is -1.65. The van der Waals surface area contributed by atoms with Gasteiger partial charge in [0.1, 0.15) is 6.10 Å². The van der Waals surface area contributed by atoms with Crippen LogP contribution < -0.4 is 5.32 Å². The number of nitrogens with one attached hydrogen (secondary N) is 1. The van der Waals surface area contributed by atoms with E-state index < -0.39 is 0 Å². The number of rotatable bonds is 5. The summed E-state index contributed by atoms with van der Waals surface area (Å²) in [7, 11) is 0. The maximum Gasteiger partial charge on any atom is 0.194 e. The molecule has 0 amide bonds. The van der Waals surface area contributed by atoms with Crippen molar-refractivity contribution >= 4 is 29.9 Å². The Morgan fingerprint density at radius 1 is 1.21 bits per heavy atom. The third-order valence-corrected chi connectivity index (χ3v) is 5.18. The molecule has 2 aromatic rings. The van der Waals surface area contributed by atoms with E-state index in [1.165, 1.54) is 0 Å². The summed E-state index contributed by atoms with van der Waals surface area (Å²) in [4.78, 5) is 7.15. The van der Waals surface area contributed by atoms with Gasteiger partial charge in [-0.1, -0.05) is 18.2 Å². The second kappa shape index (κ2) is 10.9. The number of hydrogen-bond acceptors (Lipinski definition) is 4. The van der Waals surface area contributed by atoms with E-state index in [0.29, 0.717) is 13.2 Å². The van der Waals surface area contributed by atoms with Gasteiger partial charge in [-0.25, -0.2) is 9.67 Å². The molecule has 2 saturated heterocycles. The average Bonchev–Trinajstić information content (AvgIpc) is 3.44. The van der Waals surface area contributed by atoms with Crippen LogP contribution in [0.5, 0.6) is 0 Å². The van der Waals surface area contributed by atoms with Crippen LogP contribution in [0.1, 0.15) is 25.3 Å². The zero-order valence-electron chi connectivity index (χ0n) is 16.9. The fourth-order valence-corrected chi connectivity index (χ4v) is 3.74. The van der Waals surface area contributed by atoms with Gasteiger partial charge in [0.15, 0.2) is 5.96 Å². The van der Waals surface area contributed by atoms with E-state index in [2.05, 4.69) is 22.2 Å². The molecule has 2 atom stereocenters. The van der Waals surface area contributed by atoms with Crippen LogP contribution in [0.15, 0.2) is 47.7 Å². The Kier molecular flexibility index (Phi) is 8.31. The van der Waals surface area contributed by atoms with Gasteiger partial charge in [-0.15, -0.1) is 24.0 Å². The first-order valence-electron chi connectivity index (χ1n) is 10.2. The highest BCUT2D eigenvalue weighted by Crippen LogP contribution is 2.21. The first-order chi connectivity index (χ1) is 13.8. The van der Waals surface area contributed by atoms with E-state index >= 15 is 0 Å². The molecule has 3 heterocycles. The summed E-state index contributed by atoms with van der Waals surface area (Å²) in [6.07, 6.45) is 6.48. The molecule has 0 aliphatic carbocycles. The van der Waals surface area contributed by atoms with Crippen LogP contribution in [0.3, 0.4) is 0 Å². The Bertz CT molecular complexity index is 776. The third-order valence-electron chi connectivity index (χ3n) is 5.18. The van der Waals surface area contributed by atoms with Gasteiger partial charge in [0, 0.05) is 38.0 Å². The fourth-order valence-electron chi connectivity index (χ4n) is 3.74. The summed E-state index contributed by atoms with van der Waals surface area (Å²) < 4.78 is 13.7. The topological polar surface area (TPSA) is 63.9 Å². The van der Waals surface area contributed by atoms with E-state index in [4.69, 9.17) is 14.5 Å². The number of guanidine groups is 1. The Morgan fingerprint density at radius 2 is 2.03 bits per heavy atom. The molecule has 4 rings (SSSR count). The Morgan fingerprint density at radius 3 is 2.79 bits per heavy atom. The molecule has 1 aromatic carbocycles. The van der Waals surface area contributed by atoms with Crippen molar-refractivity contribution in [3.05, 3.63) is 48.3 Å². The predicted molar refractivity (Wildman–Crippen MR) is 124 cm³/mol. The summed E-state index contributed by atoms with van der Waals surface area (Å²) in [5.74, 6) is 0.932. The number of para-hydroxylation sites is 1. The van der Waals surface area contributed by atoms with Crippen LogP contribution in [0, 0.1) is 0 Å². The molecule has 2 aliphatic rings. The van der Waals surface area contributed by atoms with Crippen LogP contribution in [0.4, 0.5) is 0 Å². The lowest BCUT2D eigenvalue weighted by atomic mass is 10.1. The molecule has 1 N–H and O–H groups in total. The maximum absolute atomic E-state index is 5.97. The SMILES string of the molecule is CCNC(=NCc1cnn(-c2ccccc2)c1)N1CCOC(C2CCCO2)C1.I. The number of halogens is 1. The van der Waals surface area contributed by atoms with Crippen LogP contribution in [0.25, 0.3) is 5.69 Å². The van der Waals surface area contributed by atoms with Crippen LogP contribution >= 0.6 is 24.0 Å². The van der Waals surface area contributed by atoms with Crippen molar-refractivity contribution in [3.63, 3.8) is 0 Å². The molecule has 2 aliphatic heterocycles. The van der Waals surface area contributed by atoms with Gasteiger partial charge in [0.05, 0.1) is 31.1 Å². The molecule has 2 fully saturated rings. The number of morpholine rings is 1. The molecule has 29 heavy (non-hydrogen) atoms. The lowest BCUT2D eigenvalue weighted by Gasteiger charge is -2.37. The van der Waals surface area contributed by atoms with E-state index in [-0.39, 0.29) is 36.2 Å². The maximum atomic E-state index is 5.97. The quantitative estimate of drug-likeness (QED) is 0.380. The largest absolute Gasteiger partial charge is 0.375 e. The highest BCUT2D eigenvalue weighted by atomic mass is 127. The third kappa shape index (κ3) is 5.70. The second-order valence-electron chi connectivity index (χ2n) is 7.21. The number of ether oxygens (including phenoxy) is 2. The first-order valence-corrected chi connectivity index (χ1v) is 10.2. The first kappa shape index (κ1) is 22.0. The van der Waals surface area contributed by atoms with Crippen LogP contribution in [0.2, 0.25) is 0 Å². The molecule has 8 heteroatoms.